The minimum atomic E-state index is -0.446. The number of aromatic amines is 1. The third-order valence-corrected chi connectivity index (χ3v) is 3.00. The fourth-order valence-electron chi connectivity index (χ4n) is 2.20. The first-order chi connectivity index (χ1) is 8.16. The van der Waals surface area contributed by atoms with E-state index in [1.165, 1.54) is 0 Å². The molecule has 2 heterocycles. The molecule has 86 valence electrons. The number of nitro groups is 1. The van der Waals surface area contributed by atoms with Gasteiger partial charge in [-0.3, -0.25) is 10.1 Å². The van der Waals surface area contributed by atoms with E-state index in [4.69, 9.17) is 4.74 Å². The molecule has 0 aliphatic carbocycles. The zero-order valence-electron chi connectivity index (χ0n) is 9.19. The molecule has 1 aromatic heterocycles. The summed E-state index contributed by atoms with van der Waals surface area (Å²) in [6, 6.07) is 3.87. The monoisotopic (exact) mass is 230 g/mol. The van der Waals surface area contributed by atoms with Crippen LogP contribution in [0.15, 0.2) is 24.5 Å². The van der Waals surface area contributed by atoms with Crippen LogP contribution in [-0.2, 0) is 0 Å². The summed E-state index contributed by atoms with van der Waals surface area (Å²) in [7, 11) is 0. The average molecular weight is 230 g/mol. The van der Waals surface area contributed by atoms with E-state index in [1.807, 2.05) is 19.1 Å². The summed E-state index contributed by atoms with van der Waals surface area (Å²) in [6.45, 7) is 2.23. The number of nitrogens with zero attached hydrogens (tertiary/aromatic N) is 1. The van der Waals surface area contributed by atoms with E-state index in [9.17, 15) is 10.1 Å². The number of benzene rings is 1. The van der Waals surface area contributed by atoms with Crippen LogP contribution in [0.2, 0.25) is 0 Å². The van der Waals surface area contributed by atoms with Crippen LogP contribution in [0, 0.1) is 17.0 Å². The van der Waals surface area contributed by atoms with Crippen LogP contribution in [-0.4, -0.2) is 16.5 Å². The van der Waals surface area contributed by atoms with Crippen molar-refractivity contribution in [2.45, 2.75) is 6.92 Å². The minimum Gasteiger partial charge on any atom is -0.488 e. The maximum Gasteiger partial charge on any atom is 0.241 e. The van der Waals surface area contributed by atoms with Crippen LogP contribution in [0.1, 0.15) is 11.1 Å². The van der Waals surface area contributed by atoms with Gasteiger partial charge in [-0.05, 0) is 18.6 Å². The molecule has 1 aliphatic rings. The number of rotatable bonds is 1. The predicted octanol–water partition coefficient (Wildman–Crippen LogP) is 2.49. The molecule has 0 fully saturated rings. The molecule has 0 radical (unpaired) electrons. The molecule has 0 spiro atoms. The van der Waals surface area contributed by atoms with Crippen molar-refractivity contribution < 1.29 is 9.66 Å². The molecule has 0 saturated carbocycles. The van der Waals surface area contributed by atoms with Gasteiger partial charge in [0.05, 0.1) is 16.0 Å². The third-order valence-electron chi connectivity index (χ3n) is 3.00. The molecule has 3 rings (SSSR count). The maximum atomic E-state index is 10.6. The lowest BCUT2D eigenvalue weighted by Crippen LogP contribution is -2.07. The van der Waals surface area contributed by atoms with Gasteiger partial charge in [0.25, 0.3) is 0 Å². The van der Waals surface area contributed by atoms with E-state index >= 15 is 0 Å². The number of H-pyrrole nitrogens is 1. The number of aryl methyl sites for hydroxylation is 1. The summed E-state index contributed by atoms with van der Waals surface area (Å²) in [5.74, 6) is 0.780. The first kappa shape index (κ1) is 9.89. The SMILES string of the molecule is Cc1ccc2c3c(c[nH]c13)/C(=C\[N+](=O)[O-])CO2. The molecule has 17 heavy (non-hydrogen) atoms. The van der Waals surface area contributed by atoms with Crippen LogP contribution in [0.4, 0.5) is 0 Å². The predicted molar refractivity (Wildman–Crippen MR) is 63.5 cm³/mol. The number of ether oxygens (including phenoxy) is 1. The van der Waals surface area contributed by atoms with Crippen LogP contribution in [0.5, 0.6) is 5.75 Å². The molecule has 0 atom stereocenters. The molecule has 5 heteroatoms. The van der Waals surface area contributed by atoms with Gasteiger partial charge in [0.15, 0.2) is 0 Å². The zero-order chi connectivity index (χ0) is 12.0. The summed E-state index contributed by atoms with van der Waals surface area (Å²) in [5, 5.41) is 11.5. The topological polar surface area (TPSA) is 68.2 Å². The van der Waals surface area contributed by atoms with Crippen molar-refractivity contribution in [3.05, 3.63) is 45.8 Å². The summed E-state index contributed by atoms with van der Waals surface area (Å²) in [4.78, 5) is 13.3. The lowest BCUT2D eigenvalue weighted by Gasteiger charge is -2.16. The summed E-state index contributed by atoms with van der Waals surface area (Å²) in [6.07, 6.45) is 2.81. The largest absolute Gasteiger partial charge is 0.488 e. The van der Waals surface area contributed by atoms with Gasteiger partial charge in [-0.1, -0.05) is 6.07 Å². The maximum absolute atomic E-state index is 10.6. The van der Waals surface area contributed by atoms with Crippen molar-refractivity contribution in [1.29, 1.82) is 0 Å². The van der Waals surface area contributed by atoms with Crippen LogP contribution in [0.25, 0.3) is 16.5 Å². The Morgan fingerprint density at radius 2 is 2.35 bits per heavy atom. The number of hydrogen-bond acceptors (Lipinski definition) is 3. The molecule has 2 aromatic rings. The molecule has 0 unspecified atom stereocenters. The Hall–Kier alpha value is -2.30. The smallest absolute Gasteiger partial charge is 0.241 e. The Kier molecular flexibility index (Phi) is 1.95. The Morgan fingerprint density at radius 3 is 3.12 bits per heavy atom. The Morgan fingerprint density at radius 1 is 1.53 bits per heavy atom. The molecule has 1 aliphatic heterocycles. The molecular weight excluding hydrogens is 220 g/mol. The number of nitrogens with one attached hydrogen (secondary N) is 1. The van der Waals surface area contributed by atoms with Crippen molar-refractivity contribution in [3.8, 4) is 5.75 Å². The number of hydrogen-bond donors (Lipinski definition) is 1. The molecule has 0 bridgehead atoms. The molecule has 1 N–H and O–H groups in total. The molecular formula is C12H10N2O3. The standard InChI is InChI=1S/C12H10N2O3/c1-7-2-3-10-11-9(4-13-12(7)11)8(6-17-10)5-14(15)16/h2-5,13H,6H2,1H3/b8-5-. The van der Waals surface area contributed by atoms with Gasteiger partial charge in [0.2, 0.25) is 6.20 Å². The van der Waals surface area contributed by atoms with Gasteiger partial charge in [0, 0.05) is 17.1 Å². The van der Waals surface area contributed by atoms with E-state index in [-0.39, 0.29) is 6.61 Å². The highest BCUT2D eigenvalue weighted by Gasteiger charge is 2.22. The first-order valence-corrected chi connectivity index (χ1v) is 5.25. The van der Waals surface area contributed by atoms with Crippen LogP contribution >= 0.6 is 0 Å². The lowest BCUT2D eigenvalue weighted by atomic mass is 10.0. The zero-order valence-corrected chi connectivity index (χ0v) is 9.19. The van der Waals surface area contributed by atoms with Crippen molar-refractivity contribution in [2.24, 2.45) is 0 Å². The van der Waals surface area contributed by atoms with E-state index < -0.39 is 4.92 Å². The number of aromatic nitrogens is 1. The second kappa shape index (κ2) is 3.35. The normalized spacial score (nSPS) is 16.2. The quantitative estimate of drug-likeness (QED) is 0.604. The van der Waals surface area contributed by atoms with Gasteiger partial charge in [-0.15, -0.1) is 0 Å². The molecule has 0 amide bonds. The van der Waals surface area contributed by atoms with Crippen molar-refractivity contribution in [1.82, 2.24) is 4.98 Å². The summed E-state index contributed by atoms with van der Waals surface area (Å²) in [5.41, 5.74) is 3.54. The van der Waals surface area contributed by atoms with Gasteiger partial charge >= 0.3 is 0 Å². The summed E-state index contributed by atoms with van der Waals surface area (Å²) < 4.78 is 5.53. The Balaban J connectivity index is 2.32. The fraction of sp³-hybridized carbons (Fsp3) is 0.167. The lowest BCUT2D eigenvalue weighted by molar-refractivity contribution is -0.401. The van der Waals surface area contributed by atoms with Gasteiger partial charge in [-0.2, -0.15) is 0 Å². The van der Waals surface area contributed by atoms with Crippen molar-refractivity contribution in [3.63, 3.8) is 0 Å². The third kappa shape index (κ3) is 1.39. The Labute approximate surface area is 96.9 Å². The van der Waals surface area contributed by atoms with Crippen LogP contribution < -0.4 is 4.74 Å². The van der Waals surface area contributed by atoms with E-state index in [2.05, 4.69) is 4.98 Å². The Bertz CT molecular complexity index is 655. The molecule has 5 nitrogen and oxygen atoms in total. The first-order valence-electron chi connectivity index (χ1n) is 5.25. The van der Waals surface area contributed by atoms with E-state index in [1.54, 1.807) is 6.20 Å². The second-order valence-corrected chi connectivity index (χ2v) is 4.06. The minimum absolute atomic E-state index is 0.240. The van der Waals surface area contributed by atoms with E-state index in [0.29, 0.717) is 5.57 Å². The van der Waals surface area contributed by atoms with Gasteiger partial charge in [-0.25, -0.2) is 0 Å². The highest BCUT2D eigenvalue weighted by Crippen LogP contribution is 2.38. The van der Waals surface area contributed by atoms with Gasteiger partial charge < -0.3 is 9.72 Å². The highest BCUT2D eigenvalue weighted by atomic mass is 16.6. The van der Waals surface area contributed by atoms with Crippen molar-refractivity contribution >= 4 is 16.5 Å². The second-order valence-electron chi connectivity index (χ2n) is 4.06. The molecule has 1 aromatic carbocycles. The fourth-order valence-corrected chi connectivity index (χ4v) is 2.20. The van der Waals surface area contributed by atoms with Gasteiger partial charge in [0.1, 0.15) is 12.4 Å². The molecule has 0 saturated heterocycles. The average Bonchev–Trinajstić information content (AvgIpc) is 2.72. The highest BCUT2D eigenvalue weighted by molar-refractivity contribution is 6.00. The van der Waals surface area contributed by atoms with Crippen LogP contribution in [0.3, 0.4) is 0 Å². The summed E-state index contributed by atoms with van der Waals surface area (Å²) >= 11 is 0. The van der Waals surface area contributed by atoms with E-state index in [0.717, 1.165) is 34.0 Å². The van der Waals surface area contributed by atoms with Crippen molar-refractivity contribution in [2.75, 3.05) is 6.61 Å².